The molecule has 8 nitrogen and oxygen atoms in total. The summed E-state index contributed by atoms with van der Waals surface area (Å²) in [7, 11) is 0. The molecule has 0 aliphatic rings. The maximum Gasteiger partial charge on any atom is 0.407 e. The fourth-order valence-corrected chi connectivity index (χ4v) is 2.26. The lowest BCUT2D eigenvalue weighted by Crippen LogP contribution is -2.47. The maximum absolute atomic E-state index is 12.4. The standard InChI is InChI=1S/C19H21N3O5/c1-2-27-19(26)21-16(10-13-6-4-3-5-7-13)18(25)22-20-12-14-8-9-15(23)11-17(14)24/h3-9,11-12,16,23-24H,2,10H2,1H3,(H,21,26)(H,22,25)/b20-12-/t16-/m1/s1. The Morgan fingerprint density at radius 1 is 1.19 bits per heavy atom. The second-order valence-electron chi connectivity index (χ2n) is 5.58. The lowest BCUT2D eigenvalue weighted by atomic mass is 10.1. The molecule has 2 aromatic rings. The summed E-state index contributed by atoms with van der Waals surface area (Å²) in [6.45, 7) is 1.85. The molecule has 0 unspecified atom stereocenters. The number of amides is 2. The zero-order valence-corrected chi connectivity index (χ0v) is 14.8. The van der Waals surface area contributed by atoms with Crippen LogP contribution >= 0.6 is 0 Å². The van der Waals surface area contributed by atoms with Crippen LogP contribution in [0.5, 0.6) is 11.5 Å². The van der Waals surface area contributed by atoms with E-state index >= 15 is 0 Å². The highest BCUT2D eigenvalue weighted by Crippen LogP contribution is 2.20. The summed E-state index contributed by atoms with van der Waals surface area (Å²) >= 11 is 0. The van der Waals surface area contributed by atoms with Gasteiger partial charge in [-0.05, 0) is 24.6 Å². The Labute approximate surface area is 156 Å². The number of phenolic OH excluding ortho intramolecular Hbond substituents is 2. The van der Waals surface area contributed by atoms with Crippen molar-refractivity contribution in [3.05, 3.63) is 59.7 Å². The first kappa shape index (κ1) is 19.8. The SMILES string of the molecule is CCOC(=O)N[C@H](Cc1ccccc1)C(=O)N/N=C\c1ccc(O)cc1O. The lowest BCUT2D eigenvalue weighted by Gasteiger charge is -2.16. The average Bonchev–Trinajstić information content (AvgIpc) is 2.64. The molecule has 1 atom stereocenters. The Morgan fingerprint density at radius 2 is 1.93 bits per heavy atom. The number of ether oxygens (including phenoxy) is 1. The summed E-state index contributed by atoms with van der Waals surface area (Å²) in [6.07, 6.45) is 0.788. The molecule has 4 N–H and O–H groups in total. The van der Waals surface area contributed by atoms with E-state index in [1.54, 1.807) is 6.92 Å². The minimum absolute atomic E-state index is 0.0877. The second kappa shape index (κ2) is 9.81. The van der Waals surface area contributed by atoms with E-state index in [0.29, 0.717) is 5.56 Å². The first-order valence-electron chi connectivity index (χ1n) is 8.31. The van der Waals surface area contributed by atoms with E-state index < -0.39 is 18.0 Å². The van der Waals surface area contributed by atoms with Gasteiger partial charge in [0.1, 0.15) is 17.5 Å². The first-order chi connectivity index (χ1) is 13.0. The predicted octanol–water partition coefficient (Wildman–Crippen LogP) is 1.91. The molecule has 0 aliphatic heterocycles. The highest BCUT2D eigenvalue weighted by atomic mass is 16.5. The van der Waals surface area contributed by atoms with Crippen LogP contribution in [0.15, 0.2) is 53.6 Å². The number of aromatic hydroxyl groups is 2. The van der Waals surface area contributed by atoms with Crippen molar-refractivity contribution in [2.45, 2.75) is 19.4 Å². The topological polar surface area (TPSA) is 120 Å². The molecule has 0 heterocycles. The highest BCUT2D eigenvalue weighted by molar-refractivity contribution is 5.88. The molecular weight excluding hydrogens is 350 g/mol. The van der Waals surface area contributed by atoms with Crippen molar-refractivity contribution in [1.82, 2.24) is 10.7 Å². The number of phenols is 2. The molecule has 8 heteroatoms. The van der Waals surface area contributed by atoms with Crippen molar-refractivity contribution in [1.29, 1.82) is 0 Å². The Hall–Kier alpha value is -3.55. The van der Waals surface area contributed by atoms with E-state index in [1.807, 2.05) is 30.3 Å². The number of rotatable bonds is 7. The Morgan fingerprint density at radius 3 is 2.59 bits per heavy atom. The minimum atomic E-state index is -0.892. The van der Waals surface area contributed by atoms with Gasteiger partial charge in [0.2, 0.25) is 0 Å². The van der Waals surface area contributed by atoms with Gasteiger partial charge in [-0.1, -0.05) is 30.3 Å². The van der Waals surface area contributed by atoms with Crippen LogP contribution in [0.1, 0.15) is 18.1 Å². The van der Waals surface area contributed by atoms with Crippen LogP contribution in [-0.2, 0) is 16.0 Å². The van der Waals surface area contributed by atoms with Gasteiger partial charge in [0.05, 0.1) is 12.8 Å². The molecule has 2 rings (SSSR count). The van der Waals surface area contributed by atoms with Crippen LogP contribution in [0.25, 0.3) is 0 Å². The number of benzene rings is 2. The van der Waals surface area contributed by atoms with Gasteiger partial charge in [-0.15, -0.1) is 0 Å². The van der Waals surface area contributed by atoms with Gasteiger partial charge in [0.15, 0.2) is 0 Å². The second-order valence-corrected chi connectivity index (χ2v) is 5.58. The van der Waals surface area contributed by atoms with Crippen molar-refractivity contribution in [2.24, 2.45) is 5.10 Å². The summed E-state index contributed by atoms with van der Waals surface area (Å²) in [6, 6.07) is 12.3. The Bertz CT molecular complexity index is 808. The number of alkyl carbamates (subject to hydrolysis) is 1. The zero-order chi connectivity index (χ0) is 19.6. The summed E-state index contributed by atoms with van der Waals surface area (Å²) in [5.74, 6) is -0.810. The average molecular weight is 371 g/mol. The van der Waals surface area contributed by atoms with Crippen LogP contribution in [-0.4, -0.2) is 41.1 Å². The van der Waals surface area contributed by atoms with Crippen molar-refractivity contribution in [3.8, 4) is 11.5 Å². The molecule has 142 valence electrons. The van der Waals surface area contributed by atoms with Crippen molar-refractivity contribution < 1.29 is 24.5 Å². The summed E-state index contributed by atoms with van der Waals surface area (Å²) in [4.78, 5) is 24.1. The van der Waals surface area contributed by atoms with Crippen LogP contribution in [0, 0.1) is 0 Å². The summed E-state index contributed by atoms with van der Waals surface area (Å²) < 4.78 is 4.84. The van der Waals surface area contributed by atoms with Gasteiger partial charge in [-0.3, -0.25) is 4.79 Å². The fraction of sp³-hybridized carbons (Fsp3) is 0.211. The number of hydrogen-bond acceptors (Lipinski definition) is 6. The molecule has 0 radical (unpaired) electrons. The molecule has 0 aliphatic carbocycles. The molecule has 0 aromatic heterocycles. The largest absolute Gasteiger partial charge is 0.508 e. The van der Waals surface area contributed by atoms with E-state index in [4.69, 9.17) is 4.74 Å². The van der Waals surface area contributed by atoms with Crippen LogP contribution in [0.4, 0.5) is 4.79 Å². The highest BCUT2D eigenvalue weighted by Gasteiger charge is 2.21. The molecule has 0 saturated carbocycles. The quantitative estimate of drug-likeness (QED) is 0.438. The molecule has 0 saturated heterocycles. The van der Waals surface area contributed by atoms with Crippen molar-refractivity contribution in [3.63, 3.8) is 0 Å². The third-order valence-electron chi connectivity index (χ3n) is 3.56. The van der Waals surface area contributed by atoms with E-state index in [0.717, 1.165) is 11.6 Å². The molecule has 27 heavy (non-hydrogen) atoms. The van der Waals surface area contributed by atoms with Crippen molar-refractivity contribution >= 4 is 18.2 Å². The van der Waals surface area contributed by atoms with E-state index in [9.17, 15) is 19.8 Å². The van der Waals surface area contributed by atoms with E-state index in [-0.39, 0.29) is 24.5 Å². The smallest absolute Gasteiger partial charge is 0.407 e. The summed E-state index contributed by atoms with van der Waals surface area (Å²) in [5, 5.41) is 25.3. The molecular formula is C19H21N3O5. The molecule has 0 bridgehead atoms. The van der Waals surface area contributed by atoms with Gasteiger partial charge in [-0.2, -0.15) is 5.10 Å². The van der Waals surface area contributed by atoms with Gasteiger partial charge in [-0.25, -0.2) is 10.2 Å². The number of nitrogens with one attached hydrogen (secondary N) is 2. The summed E-state index contributed by atoms with van der Waals surface area (Å²) in [5.41, 5.74) is 3.49. The fourth-order valence-electron chi connectivity index (χ4n) is 2.26. The van der Waals surface area contributed by atoms with E-state index in [1.165, 1.54) is 18.3 Å². The van der Waals surface area contributed by atoms with E-state index in [2.05, 4.69) is 15.8 Å². The Balaban J connectivity index is 2.05. The van der Waals surface area contributed by atoms with Gasteiger partial charge in [0.25, 0.3) is 5.91 Å². The van der Waals surface area contributed by atoms with Crippen LogP contribution in [0.2, 0.25) is 0 Å². The number of carbonyl (C=O) groups excluding carboxylic acids is 2. The molecule has 0 fully saturated rings. The maximum atomic E-state index is 12.4. The number of nitrogens with zero attached hydrogens (tertiary/aromatic N) is 1. The zero-order valence-electron chi connectivity index (χ0n) is 14.8. The number of hydrazone groups is 1. The van der Waals surface area contributed by atoms with Crippen LogP contribution < -0.4 is 10.7 Å². The molecule has 2 amide bonds. The first-order valence-corrected chi connectivity index (χ1v) is 8.31. The van der Waals surface area contributed by atoms with Gasteiger partial charge in [0, 0.05) is 18.1 Å². The third-order valence-corrected chi connectivity index (χ3v) is 3.56. The predicted molar refractivity (Wildman–Crippen MR) is 99.6 cm³/mol. The number of carbonyl (C=O) groups is 2. The number of hydrogen-bond donors (Lipinski definition) is 4. The molecule has 2 aromatic carbocycles. The monoisotopic (exact) mass is 371 g/mol. The van der Waals surface area contributed by atoms with Gasteiger partial charge >= 0.3 is 6.09 Å². The minimum Gasteiger partial charge on any atom is -0.508 e. The van der Waals surface area contributed by atoms with Gasteiger partial charge < -0.3 is 20.3 Å². The Kier molecular flexibility index (Phi) is 7.18. The lowest BCUT2D eigenvalue weighted by molar-refractivity contribution is -0.123. The van der Waals surface area contributed by atoms with Crippen molar-refractivity contribution in [2.75, 3.05) is 6.61 Å². The molecule has 0 spiro atoms. The normalized spacial score (nSPS) is 11.7. The third kappa shape index (κ3) is 6.35. The van der Waals surface area contributed by atoms with Crippen LogP contribution in [0.3, 0.4) is 0 Å².